The summed E-state index contributed by atoms with van der Waals surface area (Å²) in [7, 11) is 0. The van der Waals surface area contributed by atoms with E-state index < -0.39 is 0 Å². The normalized spacial score (nSPS) is 17.8. The van der Waals surface area contributed by atoms with Crippen molar-refractivity contribution in [3.8, 4) is 0 Å². The molecule has 0 bridgehead atoms. The molecular formula is C18H20FN5O. The number of likely N-dealkylation sites (tertiary alicyclic amines) is 1. The number of carbonyl (C=O) groups excluding carboxylic acids is 1. The lowest BCUT2D eigenvalue weighted by Crippen LogP contribution is -2.26. The maximum absolute atomic E-state index is 13.4. The number of aromatic nitrogens is 3. The molecule has 1 fully saturated rings. The van der Waals surface area contributed by atoms with Gasteiger partial charge in [0.25, 0.3) is 0 Å². The molecule has 2 aromatic heterocycles. The fourth-order valence-corrected chi connectivity index (χ4v) is 3.55. The van der Waals surface area contributed by atoms with Crippen molar-refractivity contribution in [1.29, 1.82) is 0 Å². The summed E-state index contributed by atoms with van der Waals surface area (Å²) < 4.78 is 13.4. The highest BCUT2D eigenvalue weighted by Crippen LogP contribution is 2.29. The van der Waals surface area contributed by atoms with Gasteiger partial charge in [-0.2, -0.15) is 0 Å². The molecule has 1 aliphatic rings. The van der Waals surface area contributed by atoms with E-state index >= 15 is 0 Å². The highest BCUT2D eigenvalue weighted by atomic mass is 19.1. The predicted octanol–water partition coefficient (Wildman–Crippen LogP) is 2.92. The first kappa shape index (κ1) is 15.8. The number of aromatic amines is 1. The first-order valence-corrected chi connectivity index (χ1v) is 8.59. The zero-order valence-electron chi connectivity index (χ0n) is 14.1. The fraction of sp³-hybridized carbons (Fsp3) is 0.389. The van der Waals surface area contributed by atoms with Crippen LogP contribution in [-0.2, 0) is 4.79 Å². The van der Waals surface area contributed by atoms with Crippen molar-refractivity contribution in [2.24, 2.45) is 5.92 Å². The van der Waals surface area contributed by atoms with Gasteiger partial charge in [-0.05, 0) is 24.6 Å². The highest BCUT2D eigenvalue weighted by Gasteiger charge is 2.28. The summed E-state index contributed by atoms with van der Waals surface area (Å²) in [5.74, 6) is 0.919. The van der Waals surface area contributed by atoms with E-state index in [0.717, 1.165) is 30.3 Å². The summed E-state index contributed by atoms with van der Waals surface area (Å²) in [4.78, 5) is 25.6. The zero-order chi connectivity index (χ0) is 17.4. The minimum atomic E-state index is -0.290. The number of rotatable bonds is 5. The molecule has 7 heteroatoms. The molecule has 6 nitrogen and oxygen atoms in total. The SMILES string of the molecule is CCCN1C[C@@H](CNc2ncnc3[nH]c4cc(F)ccc4c23)CC1=O. The Morgan fingerprint density at radius 3 is 3.12 bits per heavy atom. The van der Waals surface area contributed by atoms with Crippen molar-refractivity contribution in [3.05, 3.63) is 30.3 Å². The smallest absolute Gasteiger partial charge is 0.222 e. The fourth-order valence-electron chi connectivity index (χ4n) is 3.55. The second kappa shape index (κ2) is 6.31. The van der Waals surface area contributed by atoms with Gasteiger partial charge < -0.3 is 15.2 Å². The first-order valence-electron chi connectivity index (χ1n) is 8.59. The van der Waals surface area contributed by atoms with Crippen molar-refractivity contribution >= 4 is 33.7 Å². The van der Waals surface area contributed by atoms with Crippen LogP contribution >= 0.6 is 0 Å². The Hall–Kier alpha value is -2.70. The van der Waals surface area contributed by atoms with Crippen LogP contribution in [0, 0.1) is 11.7 Å². The van der Waals surface area contributed by atoms with Crippen LogP contribution < -0.4 is 5.32 Å². The van der Waals surface area contributed by atoms with Gasteiger partial charge in [-0.1, -0.05) is 6.92 Å². The lowest BCUT2D eigenvalue weighted by molar-refractivity contribution is -0.127. The molecule has 3 heterocycles. The summed E-state index contributed by atoms with van der Waals surface area (Å²) in [6.07, 6.45) is 3.03. The van der Waals surface area contributed by atoms with Crippen LogP contribution in [0.4, 0.5) is 10.2 Å². The van der Waals surface area contributed by atoms with Gasteiger partial charge in [0.1, 0.15) is 23.6 Å². The van der Waals surface area contributed by atoms with Crippen LogP contribution in [0.15, 0.2) is 24.5 Å². The molecule has 0 unspecified atom stereocenters. The zero-order valence-corrected chi connectivity index (χ0v) is 14.1. The van der Waals surface area contributed by atoms with Crippen molar-refractivity contribution in [3.63, 3.8) is 0 Å². The number of benzene rings is 1. The van der Waals surface area contributed by atoms with Crippen molar-refractivity contribution in [2.75, 3.05) is 25.0 Å². The highest BCUT2D eigenvalue weighted by molar-refractivity contribution is 6.10. The number of nitrogens with zero attached hydrogens (tertiary/aromatic N) is 3. The second-order valence-corrected chi connectivity index (χ2v) is 6.55. The van der Waals surface area contributed by atoms with E-state index in [1.54, 1.807) is 6.07 Å². The average Bonchev–Trinajstić information content (AvgIpc) is 3.13. The molecular weight excluding hydrogens is 321 g/mol. The van der Waals surface area contributed by atoms with Crippen LogP contribution in [0.3, 0.4) is 0 Å². The van der Waals surface area contributed by atoms with Crippen LogP contribution in [0.2, 0.25) is 0 Å². The number of anilines is 1. The number of amides is 1. The lowest BCUT2D eigenvalue weighted by Gasteiger charge is -2.15. The largest absolute Gasteiger partial charge is 0.369 e. The predicted molar refractivity (Wildman–Crippen MR) is 94.8 cm³/mol. The average molecular weight is 341 g/mol. The first-order chi connectivity index (χ1) is 12.2. The molecule has 1 amide bonds. The standard InChI is InChI=1S/C18H20FN5O/c1-2-5-24-9-11(6-15(24)25)8-20-17-16-13-4-3-12(19)7-14(13)23-18(16)22-10-21-17/h3-4,7,10-11H,2,5-6,8-9H2,1H3,(H2,20,21,22,23)/t11-/m1/s1. The Bertz CT molecular complexity index is 938. The maximum atomic E-state index is 13.4. The van der Waals surface area contributed by atoms with Crippen molar-refractivity contribution in [1.82, 2.24) is 19.9 Å². The lowest BCUT2D eigenvalue weighted by atomic mass is 10.1. The molecule has 0 spiro atoms. The topological polar surface area (TPSA) is 73.9 Å². The van der Waals surface area contributed by atoms with E-state index in [-0.39, 0.29) is 17.6 Å². The summed E-state index contributed by atoms with van der Waals surface area (Å²) in [6.45, 7) is 4.36. The number of halogens is 1. The Kier molecular flexibility index (Phi) is 3.99. The minimum Gasteiger partial charge on any atom is -0.369 e. The van der Waals surface area contributed by atoms with E-state index in [2.05, 4.69) is 27.2 Å². The number of carbonyl (C=O) groups is 1. The summed E-state index contributed by atoms with van der Waals surface area (Å²) in [6, 6.07) is 4.63. The van der Waals surface area contributed by atoms with Gasteiger partial charge in [0.15, 0.2) is 0 Å². The number of H-pyrrole nitrogens is 1. The number of fused-ring (bicyclic) bond motifs is 3. The van der Waals surface area contributed by atoms with Gasteiger partial charge in [0, 0.05) is 37.4 Å². The molecule has 25 heavy (non-hydrogen) atoms. The number of hydrogen-bond donors (Lipinski definition) is 2. The van der Waals surface area contributed by atoms with E-state index in [1.165, 1.54) is 18.5 Å². The van der Waals surface area contributed by atoms with Gasteiger partial charge in [0.2, 0.25) is 5.91 Å². The Balaban J connectivity index is 1.58. The monoisotopic (exact) mass is 341 g/mol. The third kappa shape index (κ3) is 2.90. The molecule has 0 aliphatic carbocycles. The number of hydrogen-bond acceptors (Lipinski definition) is 4. The van der Waals surface area contributed by atoms with Gasteiger partial charge >= 0.3 is 0 Å². The van der Waals surface area contributed by atoms with Gasteiger partial charge in [-0.3, -0.25) is 4.79 Å². The summed E-state index contributed by atoms with van der Waals surface area (Å²) in [5.41, 5.74) is 1.37. The second-order valence-electron chi connectivity index (χ2n) is 6.55. The van der Waals surface area contributed by atoms with Gasteiger partial charge in [-0.15, -0.1) is 0 Å². The van der Waals surface area contributed by atoms with Crippen molar-refractivity contribution in [2.45, 2.75) is 19.8 Å². The molecule has 2 N–H and O–H groups in total. The molecule has 3 aromatic rings. The van der Waals surface area contributed by atoms with Crippen LogP contribution in [0.5, 0.6) is 0 Å². The number of nitrogens with one attached hydrogen (secondary N) is 2. The van der Waals surface area contributed by atoms with Crippen molar-refractivity contribution < 1.29 is 9.18 Å². The van der Waals surface area contributed by atoms with Crippen LogP contribution in [0.25, 0.3) is 21.9 Å². The molecule has 0 radical (unpaired) electrons. The Morgan fingerprint density at radius 2 is 2.28 bits per heavy atom. The van der Waals surface area contributed by atoms with E-state index in [9.17, 15) is 9.18 Å². The third-order valence-electron chi connectivity index (χ3n) is 4.70. The van der Waals surface area contributed by atoms with Crippen LogP contribution in [-0.4, -0.2) is 45.4 Å². The van der Waals surface area contributed by atoms with E-state index in [4.69, 9.17) is 0 Å². The van der Waals surface area contributed by atoms with E-state index in [0.29, 0.717) is 29.9 Å². The minimum absolute atomic E-state index is 0.226. The molecule has 1 atom stereocenters. The summed E-state index contributed by atoms with van der Waals surface area (Å²) >= 11 is 0. The van der Waals surface area contributed by atoms with E-state index in [1.807, 2.05) is 4.90 Å². The molecule has 0 saturated carbocycles. The summed E-state index contributed by atoms with van der Waals surface area (Å²) in [5, 5.41) is 5.10. The molecule has 130 valence electrons. The molecule has 1 aromatic carbocycles. The quantitative estimate of drug-likeness (QED) is 0.748. The van der Waals surface area contributed by atoms with Gasteiger partial charge in [-0.25, -0.2) is 14.4 Å². The third-order valence-corrected chi connectivity index (χ3v) is 4.70. The van der Waals surface area contributed by atoms with Gasteiger partial charge in [0.05, 0.1) is 10.9 Å². The Morgan fingerprint density at radius 1 is 1.40 bits per heavy atom. The van der Waals surface area contributed by atoms with Crippen LogP contribution in [0.1, 0.15) is 19.8 Å². The maximum Gasteiger partial charge on any atom is 0.222 e. The molecule has 4 rings (SSSR count). The molecule has 1 aliphatic heterocycles. The Labute approximate surface area is 144 Å². The molecule has 1 saturated heterocycles.